The third kappa shape index (κ3) is 4.19. The van der Waals surface area contributed by atoms with Crippen molar-refractivity contribution in [2.24, 2.45) is 5.92 Å². The Bertz CT molecular complexity index is 1020. The first-order chi connectivity index (χ1) is 15.2. The van der Waals surface area contributed by atoms with Gasteiger partial charge in [0.25, 0.3) is 0 Å². The lowest BCUT2D eigenvalue weighted by molar-refractivity contribution is 0.0148. The molecular formula is C23H24N6O2. The Morgan fingerprint density at radius 2 is 1.90 bits per heavy atom. The number of carbonyl (C=O) groups is 1. The third-order valence-electron chi connectivity index (χ3n) is 6.15. The molecule has 1 amide bonds. The van der Waals surface area contributed by atoms with E-state index in [-0.39, 0.29) is 6.09 Å². The SMILES string of the molecule is O=C1OC2(CCC(CNc3ccc(-c4cccnc4)cn3)CC2)CN1c1cccnn1. The standard InChI is InChI=1S/C23H24N6O2/c30-22-29(21-4-2-12-27-28-21)16-23(31-22)9-7-17(8-10-23)13-25-20-6-5-19(15-26-20)18-3-1-11-24-14-18/h1-6,11-12,14-15,17H,7-10,13,16H2,(H,25,26). The van der Waals surface area contributed by atoms with Gasteiger partial charge in [-0.15, -0.1) is 5.10 Å². The molecule has 1 saturated heterocycles. The highest BCUT2D eigenvalue weighted by atomic mass is 16.6. The molecule has 0 unspecified atom stereocenters. The van der Waals surface area contributed by atoms with Crippen molar-refractivity contribution in [2.75, 3.05) is 23.3 Å². The van der Waals surface area contributed by atoms with E-state index in [9.17, 15) is 4.79 Å². The Balaban J connectivity index is 1.14. The van der Waals surface area contributed by atoms with Crippen LogP contribution in [0.25, 0.3) is 11.1 Å². The first-order valence-electron chi connectivity index (χ1n) is 10.6. The summed E-state index contributed by atoms with van der Waals surface area (Å²) in [5, 5.41) is 11.4. The predicted molar refractivity (Wildman–Crippen MR) is 117 cm³/mol. The summed E-state index contributed by atoms with van der Waals surface area (Å²) in [7, 11) is 0. The number of ether oxygens (including phenoxy) is 1. The van der Waals surface area contributed by atoms with Crippen molar-refractivity contribution in [1.82, 2.24) is 20.2 Å². The summed E-state index contributed by atoms with van der Waals surface area (Å²) < 4.78 is 5.80. The van der Waals surface area contributed by atoms with Crippen LogP contribution in [0.5, 0.6) is 0 Å². The van der Waals surface area contributed by atoms with E-state index in [0.29, 0.717) is 18.3 Å². The molecule has 2 aliphatic rings. The first-order valence-corrected chi connectivity index (χ1v) is 10.6. The van der Waals surface area contributed by atoms with Gasteiger partial charge in [0.15, 0.2) is 5.82 Å². The van der Waals surface area contributed by atoms with E-state index in [1.807, 2.05) is 30.6 Å². The number of hydrogen-bond acceptors (Lipinski definition) is 7. The zero-order valence-electron chi connectivity index (χ0n) is 17.1. The second-order valence-corrected chi connectivity index (χ2v) is 8.22. The molecule has 4 heterocycles. The summed E-state index contributed by atoms with van der Waals surface area (Å²) in [6.07, 6.45) is 10.5. The Morgan fingerprint density at radius 1 is 1.06 bits per heavy atom. The maximum absolute atomic E-state index is 12.4. The molecule has 1 spiro atoms. The quantitative estimate of drug-likeness (QED) is 0.673. The van der Waals surface area contributed by atoms with Gasteiger partial charge in [-0.1, -0.05) is 6.07 Å². The number of hydrogen-bond donors (Lipinski definition) is 1. The fourth-order valence-electron chi connectivity index (χ4n) is 4.36. The molecule has 3 aromatic heterocycles. The van der Waals surface area contributed by atoms with Gasteiger partial charge in [0.1, 0.15) is 11.4 Å². The highest BCUT2D eigenvalue weighted by Crippen LogP contribution is 2.40. The minimum atomic E-state index is -0.408. The topological polar surface area (TPSA) is 93.1 Å². The van der Waals surface area contributed by atoms with Crippen LogP contribution >= 0.6 is 0 Å². The molecule has 0 atom stereocenters. The van der Waals surface area contributed by atoms with Crippen molar-refractivity contribution in [3.05, 3.63) is 61.2 Å². The van der Waals surface area contributed by atoms with E-state index in [1.54, 1.807) is 29.4 Å². The second-order valence-electron chi connectivity index (χ2n) is 8.22. The van der Waals surface area contributed by atoms with Crippen LogP contribution in [0.4, 0.5) is 16.4 Å². The molecule has 31 heavy (non-hydrogen) atoms. The van der Waals surface area contributed by atoms with Crippen LogP contribution in [0.2, 0.25) is 0 Å². The number of anilines is 2. The predicted octanol–water partition coefficient (Wildman–Crippen LogP) is 3.93. The lowest BCUT2D eigenvalue weighted by atomic mass is 9.78. The lowest BCUT2D eigenvalue weighted by Gasteiger charge is -2.35. The van der Waals surface area contributed by atoms with Gasteiger partial charge in [-0.05, 0) is 61.9 Å². The average Bonchev–Trinajstić information content (AvgIpc) is 3.16. The van der Waals surface area contributed by atoms with Crippen molar-refractivity contribution in [3.63, 3.8) is 0 Å². The fourth-order valence-corrected chi connectivity index (χ4v) is 4.36. The highest BCUT2D eigenvalue weighted by Gasteiger charge is 2.48. The zero-order valence-corrected chi connectivity index (χ0v) is 17.1. The Morgan fingerprint density at radius 3 is 2.61 bits per heavy atom. The molecule has 0 bridgehead atoms. The molecule has 1 aliphatic heterocycles. The largest absolute Gasteiger partial charge is 0.441 e. The summed E-state index contributed by atoms with van der Waals surface area (Å²) >= 11 is 0. The molecule has 5 rings (SSSR count). The molecule has 158 valence electrons. The maximum atomic E-state index is 12.4. The average molecular weight is 416 g/mol. The second kappa shape index (κ2) is 8.29. The zero-order chi connectivity index (χ0) is 21.1. The molecule has 8 nitrogen and oxygen atoms in total. The first kappa shape index (κ1) is 19.4. The Labute approximate surface area is 180 Å². The highest BCUT2D eigenvalue weighted by molar-refractivity contribution is 5.89. The van der Waals surface area contributed by atoms with Crippen molar-refractivity contribution in [2.45, 2.75) is 31.3 Å². The molecule has 0 radical (unpaired) electrons. The third-order valence-corrected chi connectivity index (χ3v) is 6.15. The van der Waals surface area contributed by atoms with E-state index in [4.69, 9.17) is 4.74 Å². The monoisotopic (exact) mass is 416 g/mol. The van der Waals surface area contributed by atoms with E-state index >= 15 is 0 Å². The number of nitrogens with zero attached hydrogens (tertiary/aromatic N) is 5. The van der Waals surface area contributed by atoms with Gasteiger partial charge in [-0.25, -0.2) is 9.78 Å². The van der Waals surface area contributed by atoms with Crippen LogP contribution in [-0.2, 0) is 4.74 Å². The van der Waals surface area contributed by atoms with Crippen LogP contribution in [0.3, 0.4) is 0 Å². The molecule has 0 aromatic carbocycles. The van der Waals surface area contributed by atoms with E-state index in [0.717, 1.165) is 49.2 Å². The van der Waals surface area contributed by atoms with Crippen LogP contribution in [0.15, 0.2) is 61.2 Å². The van der Waals surface area contributed by atoms with Crippen LogP contribution in [-0.4, -0.2) is 44.9 Å². The smallest absolute Gasteiger partial charge is 0.416 e. The Hall–Kier alpha value is -3.55. The van der Waals surface area contributed by atoms with Gasteiger partial charge in [0.05, 0.1) is 6.54 Å². The van der Waals surface area contributed by atoms with Crippen molar-refractivity contribution >= 4 is 17.7 Å². The van der Waals surface area contributed by atoms with Gasteiger partial charge in [0, 0.05) is 42.5 Å². The molecule has 3 aromatic rings. The number of nitrogens with one attached hydrogen (secondary N) is 1. The van der Waals surface area contributed by atoms with Gasteiger partial charge < -0.3 is 10.1 Å². The number of pyridine rings is 2. The molecule has 8 heteroatoms. The minimum absolute atomic E-state index is 0.324. The van der Waals surface area contributed by atoms with Gasteiger partial charge in [-0.2, -0.15) is 5.10 Å². The van der Waals surface area contributed by atoms with E-state index < -0.39 is 5.60 Å². The van der Waals surface area contributed by atoms with Crippen LogP contribution in [0, 0.1) is 5.92 Å². The van der Waals surface area contributed by atoms with Crippen molar-refractivity contribution < 1.29 is 9.53 Å². The number of amides is 1. The van der Waals surface area contributed by atoms with Crippen molar-refractivity contribution in [1.29, 1.82) is 0 Å². The van der Waals surface area contributed by atoms with E-state index in [2.05, 4.69) is 31.5 Å². The summed E-state index contributed by atoms with van der Waals surface area (Å²) in [6.45, 7) is 1.40. The van der Waals surface area contributed by atoms with Crippen LogP contribution < -0.4 is 10.2 Å². The molecular weight excluding hydrogens is 392 g/mol. The summed E-state index contributed by atoms with van der Waals surface area (Å²) in [5.74, 6) is 1.94. The van der Waals surface area contributed by atoms with Gasteiger partial charge >= 0.3 is 6.09 Å². The van der Waals surface area contributed by atoms with Crippen LogP contribution in [0.1, 0.15) is 25.7 Å². The summed E-state index contributed by atoms with van der Waals surface area (Å²) in [4.78, 5) is 22.7. The van der Waals surface area contributed by atoms with Gasteiger partial charge in [0.2, 0.25) is 0 Å². The number of aromatic nitrogens is 4. The lowest BCUT2D eigenvalue weighted by Crippen LogP contribution is -2.39. The summed E-state index contributed by atoms with van der Waals surface area (Å²) in [6, 6.07) is 11.6. The fraction of sp³-hybridized carbons (Fsp3) is 0.348. The number of carbonyl (C=O) groups excluding carboxylic acids is 1. The normalized spacial score (nSPS) is 23.0. The summed E-state index contributed by atoms with van der Waals surface area (Å²) in [5.41, 5.74) is 1.70. The molecule has 1 aliphatic carbocycles. The van der Waals surface area contributed by atoms with E-state index in [1.165, 1.54) is 0 Å². The Kier molecular flexibility index (Phi) is 5.19. The maximum Gasteiger partial charge on any atom is 0.416 e. The van der Waals surface area contributed by atoms with Gasteiger partial charge in [-0.3, -0.25) is 9.88 Å². The van der Waals surface area contributed by atoms with Crippen molar-refractivity contribution in [3.8, 4) is 11.1 Å². The molecule has 1 N–H and O–H groups in total. The molecule has 1 saturated carbocycles. The number of rotatable bonds is 5. The molecule has 2 fully saturated rings. The minimum Gasteiger partial charge on any atom is -0.441 e.